The lowest BCUT2D eigenvalue weighted by atomic mass is 9.98. The van der Waals surface area contributed by atoms with Gasteiger partial charge in [0.1, 0.15) is 12.4 Å². The van der Waals surface area contributed by atoms with E-state index in [4.69, 9.17) is 20.8 Å². The van der Waals surface area contributed by atoms with Gasteiger partial charge in [-0.05, 0) is 56.1 Å². The predicted molar refractivity (Wildman–Crippen MR) is 80.7 cm³/mol. The van der Waals surface area contributed by atoms with Crippen molar-refractivity contribution in [1.29, 1.82) is 0 Å². The minimum atomic E-state index is 0.0910. The van der Waals surface area contributed by atoms with Crippen molar-refractivity contribution in [2.24, 2.45) is 16.8 Å². The van der Waals surface area contributed by atoms with Crippen molar-refractivity contribution in [2.45, 2.75) is 12.8 Å². The zero-order valence-corrected chi connectivity index (χ0v) is 12.1. The highest BCUT2D eigenvalue weighted by Gasteiger charge is 2.17. The summed E-state index contributed by atoms with van der Waals surface area (Å²) >= 11 is 0. The van der Waals surface area contributed by atoms with Gasteiger partial charge in [-0.15, -0.1) is 0 Å². The lowest BCUT2D eigenvalue weighted by Crippen LogP contribution is -2.37. The van der Waals surface area contributed by atoms with E-state index in [9.17, 15) is 0 Å². The maximum absolute atomic E-state index is 9.11. The zero-order chi connectivity index (χ0) is 15.1. The highest BCUT2D eigenvalue weighted by atomic mass is 16.5. The first-order chi connectivity index (χ1) is 10.2. The first-order valence-electron chi connectivity index (χ1n) is 7.27. The van der Waals surface area contributed by atoms with Crippen LogP contribution in [0.5, 0.6) is 5.75 Å². The van der Waals surface area contributed by atoms with Crippen LogP contribution in [-0.2, 0) is 0 Å². The summed E-state index contributed by atoms with van der Waals surface area (Å²) < 4.78 is 5.70. The number of oxime groups is 1. The van der Waals surface area contributed by atoms with Crippen molar-refractivity contribution in [2.75, 3.05) is 32.8 Å². The van der Waals surface area contributed by atoms with Crippen LogP contribution in [-0.4, -0.2) is 53.9 Å². The molecule has 1 heterocycles. The SMILES string of the molecule is N/C(=N/O)c1ccc(OCCN2CCC(CO)CC2)cc1. The van der Waals surface area contributed by atoms with Gasteiger partial charge in [0, 0.05) is 18.7 Å². The lowest BCUT2D eigenvalue weighted by Gasteiger charge is -2.30. The number of piperidine rings is 1. The Hall–Kier alpha value is -1.79. The smallest absolute Gasteiger partial charge is 0.170 e. The van der Waals surface area contributed by atoms with Crippen LogP contribution < -0.4 is 10.5 Å². The van der Waals surface area contributed by atoms with Crippen LogP contribution >= 0.6 is 0 Å². The molecule has 0 aromatic heterocycles. The zero-order valence-electron chi connectivity index (χ0n) is 12.1. The summed E-state index contributed by atoms with van der Waals surface area (Å²) in [6.07, 6.45) is 2.12. The molecule has 4 N–H and O–H groups in total. The molecule has 1 aliphatic heterocycles. The Labute approximate surface area is 124 Å². The van der Waals surface area contributed by atoms with E-state index >= 15 is 0 Å². The summed E-state index contributed by atoms with van der Waals surface area (Å²) in [5.41, 5.74) is 6.16. The molecule has 2 rings (SSSR count). The number of hydrogen-bond donors (Lipinski definition) is 3. The van der Waals surface area contributed by atoms with E-state index in [0.717, 1.165) is 38.2 Å². The van der Waals surface area contributed by atoms with Gasteiger partial charge in [-0.25, -0.2) is 0 Å². The monoisotopic (exact) mass is 293 g/mol. The Morgan fingerprint density at radius 2 is 1.95 bits per heavy atom. The van der Waals surface area contributed by atoms with Crippen molar-refractivity contribution in [1.82, 2.24) is 4.90 Å². The molecule has 1 saturated heterocycles. The summed E-state index contributed by atoms with van der Waals surface area (Å²) in [7, 11) is 0. The van der Waals surface area contributed by atoms with E-state index in [2.05, 4.69) is 10.1 Å². The molecular formula is C15H23N3O3. The van der Waals surface area contributed by atoms with Crippen LogP contribution in [0.2, 0.25) is 0 Å². The fourth-order valence-electron chi connectivity index (χ4n) is 2.46. The van der Waals surface area contributed by atoms with Gasteiger partial charge in [0.2, 0.25) is 0 Å². The van der Waals surface area contributed by atoms with Crippen molar-refractivity contribution >= 4 is 5.84 Å². The topological polar surface area (TPSA) is 91.3 Å². The first kappa shape index (κ1) is 15.6. The molecule has 0 aliphatic carbocycles. The van der Waals surface area contributed by atoms with Crippen LogP contribution in [0.15, 0.2) is 29.4 Å². The van der Waals surface area contributed by atoms with Crippen LogP contribution in [0.4, 0.5) is 0 Å². The van der Waals surface area contributed by atoms with Crippen LogP contribution in [0.25, 0.3) is 0 Å². The third kappa shape index (κ3) is 4.61. The standard InChI is InChI=1S/C15H23N3O3/c16-15(17-20)13-1-3-14(4-2-13)21-10-9-18-7-5-12(11-19)6-8-18/h1-4,12,19-20H,5-11H2,(H2,16,17). The summed E-state index contributed by atoms with van der Waals surface area (Å²) in [6, 6.07) is 7.14. The average Bonchev–Trinajstić information content (AvgIpc) is 2.55. The summed E-state index contributed by atoms with van der Waals surface area (Å²) in [5.74, 6) is 1.33. The molecule has 0 atom stereocenters. The van der Waals surface area contributed by atoms with E-state index in [1.165, 1.54) is 0 Å². The number of nitrogens with two attached hydrogens (primary N) is 1. The molecule has 6 heteroatoms. The van der Waals surface area contributed by atoms with E-state index in [1.54, 1.807) is 12.1 Å². The summed E-state index contributed by atoms with van der Waals surface area (Å²) in [5, 5.41) is 20.6. The van der Waals surface area contributed by atoms with Crippen LogP contribution in [0.3, 0.4) is 0 Å². The quantitative estimate of drug-likeness (QED) is 0.313. The molecule has 0 saturated carbocycles. The Bertz CT molecular complexity index is 454. The molecule has 21 heavy (non-hydrogen) atoms. The van der Waals surface area contributed by atoms with Gasteiger partial charge in [0.05, 0.1) is 0 Å². The minimum Gasteiger partial charge on any atom is -0.492 e. The molecule has 0 amide bonds. The third-order valence-corrected chi connectivity index (χ3v) is 3.90. The van der Waals surface area contributed by atoms with Gasteiger partial charge in [-0.1, -0.05) is 5.16 Å². The average molecular weight is 293 g/mol. The van der Waals surface area contributed by atoms with Gasteiger partial charge >= 0.3 is 0 Å². The van der Waals surface area contributed by atoms with E-state index in [-0.39, 0.29) is 5.84 Å². The van der Waals surface area contributed by atoms with Crippen molar-refractivity contribution in [3.63, 3.8) is 0 Å². The number of amidine groups is 1. The Kier molecular flexibility index (Phi) is 5.83. The van der Waals surface area contributed by atoms with E-state index in [1.807, 2.05) is 12.1 Å². The normalized spacial score (nSPS) is 17.9. The fourth-order valence-corrected chi connectivity index (χ4v) is 2.46. The fraction of sp³-hybridized carbons (Fsp3) is 0.533. The Morgan fingerprint density at radius 3 is 2.52 bits per heavy atom. The second-order valence-electron chi connectivity index (χ2n) is 5.33. The maximum atomic E-state index is 9.11. The van der Waals surface area contributed by atoms with Gasteiger partial charge in [-0.3, -0.25) is 4.90 Å². The van der Waals surface area contributed by atoms with Crippen molar-refractivity contribution in [3.05, 3.63) is 29.8 Å². The number of ether oxygens (including phenoxy) is 1. The second kappa shape index (κ2) is 7.85. The summed E-state index contributed by atoms with van der Waals surface area (Å²) in [4.78, 5) is 2.36. The number of aliphatic hydroxyl groups excluding tert-OH is 1. The van der Waals surface area contributed by atoms with Crippen molar-refractivity contribution < 1.29 is 15.1 Å². The number of likely N-dealkylation sites (tertiary alicyclic amines) is 1. The summed E-state index contributed by atoms with van der Waals surface area (Å²) in [6.45, 7) is 3.87. The molecule has 1 fully saturated rings. The number of aliphatic hydroxyl groups is 1. The minimum absolute atomic E-state index is 0.0910. The van der Waals surface area contributed by atoms with E-state index in [0.29, 0.717) is 24.7 Å². The van der Waals surface area contributed by atoms with Gasteiger partial charge in [0.25, 0.3) is 0 Å². The number of hydrogen-bond acceptors (Lipinski definition) is 5. The van der Waals surface area contributed by atoms with Gasteiger partial charge in [-0.2, -0.15) is 0 Å². The van der Waals surface area contributed by atoms with Gasteiger partial charge in [0.15, 0.2) is 5.84 Å². The van der Waals surface area contributed by atoms with Crippen LogP contribution in [0.1, 0.15) is 18.4 Å². The number of rotatable bonds is 6. The van der Waals surface area contributed by atoms with E-state index < -0.39 is 0 Å². The Morgan fingerprint density at radius 1 is 1.29 bits per heavy atom. The molecule has 6 nitrogen and oxygen atoms in total. The highest BCUT2D eigenvalue weighted by molar-refractivity contribution is 5.97. The molecule has 1 aromatic rings. The maximum Gasteiger partial charge on any atom is 0.170 e. The lowest BCUT2D eigenvalue weighted by molar-refractivity contribution is 0.119. The second-order valence-corrected chi connectivity index (χ2v) is 5.33. The van der Waals surface area contributed by atoms with Gasteiger partial charge < -0.3 is 20.8 Å². The first-order valence-corrected chi connectivity index (χ1v) is 7.27. The molecule has 116 valence electrons. The number of benzene rings is 1. The molecule has 1 aliphatic rings. The molecule has 0 unspecified atom stereocenters. The van der Waals surface area contributed by atoms with Crippen LogP contribution in [0, 0.1) is 5.92 Å². The molecule has 0 bridgehead atoms. The Balaban J connectivity index is 1.71. The number of nitrogens with zero attached hydrogens (tertiary/aromatic N) is 2. The largest absolute Gasteiger partial charge is 0.492 e. The molecular weight excluding hydrogens is 270 g/mol. The third-order valence-electron chi connectivity index (χ3n) is 3.90. The highest BCUT2D eigenvalue weighted by Crippen LogP contribution is 2.16. The van der Waals surface area contributed by atoms with Crippen molar-refractivity contribution in [3.8, 4) is 5.75 Å². The molecule has 0 spiro atoms. The predicted octanol–water partition coefficient (Wildman–Crippen LogP) is 0.864. The molecule has 0 radical (unpaired) electrons. The molecule has 1 aromatic carbocycles.